The predicted molar refractivity (Wildman–Crippen MR) is 144 cm³/mol. The molecule has 1 amide bonds. The number of fused-ring (bicyclic) bond motifs is 1. The van der Waals surface area contributed by atoms with Crippen molar-refractivity contribution in [3.05, 3.63) is 72.6 Å². The van der Waals surface area contributed by atoms with Gasteiger partial charge in [-0.15, -0.1) is 0 Å². The fraction of sp³-hybridized carbons (Fsp3) is 0.414. The molecule has 204 valence electrons. The van der Waals surface area contributed by atoms with Crippen molar-refractivity contribution in [2.24, 2.45) is 5.92 Å². The van der Waals surface area contributed by atoms with E-state index in [-0.39, 0.29) is 31.2 Å². The average molecular weight is 532 g/mol. The van der Waals surface area contributed by atoms with Crippen molar-refractivity contribution >= 4 is 17.6 Å². The normalized spacial score (nSPS) is 20.2. The van der Waals surface area contributed by atoms with Gasteiger partial charge in [0.2, 0.25) is 12.7 Å². The second-order valence-electron chi connectivity index (χ2n) is 9.93. The Hall–Kier alpha value is -4.05. The molecule has 39 heavy (non-hydrogen) atoms. The zero-order valence-corrected chi connectivity index (χ0v) is 22.0. The Morgan fingerprint density at radius 3 is 2.74 bits per heavy atom. The number of carbonyl (C=O) groups is 2. The quantitative estimate of drug-likeness (QED) is 0.396. The number of aliphatic carboxylic acids is 1. The Kier molecular flexibility index (Phi) is 8.31. The molecule has 5 rings (SSSR count). The van der Waals surface area contributed by atoms with E-state index in [0.29, 0.717) is 37.4 Å². The lowest BCUT2D eigenvalue weighted by molar-refractivity contribution is -0.143. The van der Waals surface area contributed by atoms with E-state index in [0.717, 1.165) is 29.8 Å². The molecule has 10 heteroatoms. The number of anilines is 1. The Morgan fingerprint density at radius 2 is 2.00 bits per heavy atom. The molecule has 1 saturated heterocycles. The van der Waals surface area contributed by atoms with Crippen LogP contribution < -0.4 is 14.4 Å². The van der Waals surface area contributed by atoms with Crippen LogP contribution >= 0.6 is 0 Å². The SMILES string of the molecule is CCCCN(C(=O)CN1CC(c2ccc3c(c2)OCO3)C(C(=O)O)C1CCc1ccncn1)c1cccnc1. The van der Waals surface area contributed by atoms with Gasteiger partial charge in [0.1, 0.15) is 6.33 Å². The number of carboxylic acids is 1. The lowest BCUT2D eigenvalue weighted by Gasteiger charge is -2.29. The summed E-state index contributed by atoms with van der Waals surface area (Å²) in [6, 6.07) is 10.8. The molecule has 10 nitrogen and oxygen atoms in total. The van der Waals surface area contributed by atoms with E-state index in [1.165, 1.54) is 6.33 Å². The topological polar surface area (TPSA) is 118 Å². The van der Waals surface area contributed by atoms with Gasteiger partial charge in [0.25, 0.3) is 0 Å². The Morgan fingerprint density at radius 1 is 1.13 bits per heavy atom. The van der Waals surface area contributed by atoms with Crippen molar-refractivity contribution in [1.82, 2.24) is 19.9 Å². The predicted octanol–water partition coefficient (Wildman–Crippen LogP) is 3.54. The van der Waals surface area contributed by atoms with E-state index < -0.39 is 11.9 Å². The molecule has 0 radical (unpaired) electrons. The number of hydrogen-bond donors (Lipinski definition) is 1. The number of hydrogen-bond acceptors (Lipinski definition) is 8. The van der Waals surface area contributed by atoms with Crippen LogP contribution in [0.2, 0.25) is 0 Å². The van der Waals surface area contributed by atoms with Gasteiger partial charge in [-0.3, -0.25) is 19.5 Å². The molecule has 2 aliphatic heterocycles. The Labute approximate surface area is 227 Å². The highest BCUT2D eigenvalue weighted by Crippen LogP contribution is 2.43. The molecular weight excluding hydrogens is 498 g/mol. The van der Waals surface area contributed by atoms with Gasteiger partial charge < -0.3 is 19.5 Å². The first-order valence-corrected chi connectivity index (χ1v) is 13.4. The van der Waals surface area contributed by atoms with Crippen LogP contribution in [0.1, 0.15) is 43.4 Å². The van der Waals surface area contributed by atoms with E-state index >= 15 is 0 Å². The zero-order chi connectivity index (χ0) is 27.2. The number of benzene rings is 1. The number of carbonyl (C=O) groups excluding carboxylic acids is 1. The minimum absolute atomic E-state index is 0.0704. The maximum Gasteiger partial charge on any atom is 0.308 e. The van der Waals surface area contributed by atoms with Crippen LogP contribution in [0.4, 0.5) is 5.69 Å². The molecule has 0 spiro atoms. The molecule has 0 bridgehead atoms. The molecule has 4 heterocycles. The molecule has 1 aromatic carbocycles. The molecule has 0 aliphatic carbocycles. The lowest BCUT2D eigenvalue weighted by Crippen LogP contribution is -2.44. The van der Waals surface area contributed by atoms with Gasteiger partial charge in [-0.1, -0.05) is 19.4 Å². The number of rotatable bonds is 11. The van der Waals surface area contributed by atoms with Crippen LogP contribution in [0.25, 0.3) is 0 Å². The maximum atomic E-state index is 13.8. The number of nitrogens with zero attached hydrogens (tertiary/aromatic N) is 5. The zero-order valence-electron chi connectivity index (χ0n) is 22.0. The molecular formula is C29H33N5O5. The molecule has 3 unspecified atom stereocenters. The second-order valence-corrected chi connectivity index (χ2v) is 9.93. The highest BCUT2D eigenvalue weighted by molar-refractivity contribution is 5.94. The largest absolute Gasteiger partial charge is 0.481 e. The van der Waals surface area contributed by atoms with Crippen LogP contribution in [0.15, 0.2) is 61.3 Å². The number of ether oxygens (including phenoxy) is 2. The third kappa shape index (κ3) is 6.01. The monoisotopic (exact) mass is 531 g/mol. The van der Waals surface area contributed by atoms with Gasteiger partial charge in [-0.25, -0.2) is 9.97 Å². The smallest absolute Gasteiger partial charge is 0.308 e. The van der Waals surface area contributed by atoms with E-state index in [9.17, 15) is 14.7 Å². The summed E-state index contributed by atoms with van der Waals surface area (Å²) in [5.41, 5.74) is 2.45. The second kappa shape index (κ2) is 12.2. The van der Waals surface area contributed by atoms with Crippen LogP contribution in [0.3, 0.4) is 0 Å². The number of carboxylic acid groups (broad SMARTS) is 1. The molecule has 0 saturated carbocycles. The minimum atomic E-state index is -0.879. The van der Waals surface area contributed by atoms with Crippen LogP contribution in [0, 0.1) is 5.92 Å². The van der Waals surface area contributed by atoms with E-state index in [1.807, 2.05) is 41.3 Å². The summed E-state index contributed by atoms with van der Waals surface area (Å²) in [4.78, 5) is 42.8. The first kappa shape index (κ1) is 26.6. The number of likely N-dealkylation sites (tertiary alicyclic amines) is 1. The highest BCUT2D eigenvalue weighted by Gasteiger charge is 2.47. The highest BCUT2D eigenvalue weighted by atomic mass is 16.7. The standard InChI is InChI=1S/C29H33N5O5/c1-2-3-13-34(22-5-4-11-30-15-22)27(35)17-33-16-23(20-6-9-25-26(14-20)39-19-38-25)28(29(36)37)24(33)8-7-21-10-12-31-18-32-21/h4-6,9-12,14-15,18,23-24,28H,2-3,7-8,13,16-17,19H2,1H3,(H,36,37). The number of aryl methyl sites for hydroxylation is 1. The van der Waals surface area contributed by atoms with Gasteiger partial charge >= 0.3 is 5.97 Å². The van der Waals surface area contributed by atoms with Crippen molar-refractivity contribution in [3.63, 3.8) is 0 Å². The van der Waals surface area contributed by atoms with Gasteiger partial charge in [0.05, 0.1) is 24.3 Å². The summed E-state index contributed by atoms with van der Waals surface area (Å²) in [5.74, 6) is -0.704. The van der Waals surface area contributed by atoms with Crippen LogP contribution in [-0.4, -0.2) is 69.3 Å². The van der Waals surface area contributed by atoms with Crippen molar-refractivity contribution < 1.29 is 24.2 Å². The summed E-state index contributed by atoms with van der Waals surface area (Å²) in [6.45, 7) is 3.36. The third-order valence-corrected chi connectivity index (χ3v) is 7.53. The summed E-state index contributed by atoms with van der Waals surface area (Å²) >= 11 is 0. The summed E-state index contributed by atoms with van der Waals surface area (Å²) in [6.07, 6.45) is 9.49. The average Bonchev–Trinajstić information content (AvgIpc) is 3.57. The number of unbranched alkanes of at least 4 members (excludes halogenated alkanes) is 1. The van der Waals surface area contributed by atoms with Gasteiger partial charge in [-0.05, 0) is 55.2 Å². The van der Waals surface area contributed by atoms with Crippen molar-refractivity contribution in [1.29, 1.82) is 0 Å². The molecule has 2 aliphatic rings. The third-order valence-electron chi connectivity index (χ3n) is 7.53. The molecule has 1 fully saturated rings. The first-order valence-electron chi connectivity index (χ1n) is 13.4. The fourth-order valence-corrected chi connectivity index (χ4v) is 5.58. The molecule has 1 N–H and O–H groups in total. The van der Waals surface area contributed by atoms with Gasteiger partial charge in [0, 0.05) is 43.1 Å². The number of pyridine rings is 1. The number of aromatic nitrogens is 3. The van der Waals surface area contributed by atoms with E-state index in [1.54, 1.807) is 23.5 Å². The minimum Gasteiger partial charge on any atom is -0.481 e. The van der Waals surface area contributed by atoms with Gasteiger partial charge in [-0.2, -0.15) is 0 Å². The van der Waals surface area contributed by atoms with E-state index in [4.69, 9.17) is 9.47 Å². The van der Waals surface area contributed by atoms with Crippen molar-refractivity contribution in [2.45, 2.75) is 44.6 Å². The van der Waals surface area contributed by atoms with Crippen molar-refractivity contribution in [3.8, 4) is 11.5 Å². The van der Waals surface area contributed by atoms with Crippen molar-refractivity contribution in [2.75, 3.05) is 31.3 Å². The lowest BCUT2D eigenvalue weighted by atomic mass is 9.83. The molecule has 2 aromatic heterocycles. The number of amides is 1. The summed E-state index contributed by atoms with van der Waals surface area (Å²) < 4.78 is 11.0. The fourth-order valence-electron chi connectivity index (χ4n) is 5.58. The van der Waals surface area contributed by atoms with E-state index in [2.05, 4.69) is 21.9 Å². The molecule has 3 aromatic rings. The van der Waals surface area contributed by atoms with Gasteiger partial charge in [0.15, 0.2) is 11.5 Å². The Balaban J connectivity index is 1.43. The first-order chi connectivity index (χ1) is 19.0. The maximum absolute atomic E-state index is 13.8. The summed E-state index contributed by atoms with van der Waals surface area (Å²) in [7, 11) is 0. The molecule has 3 atom stereocenters. The Bertz CT molecular complexity index is 1280. The van der Waals surface area contributed by atoms with Crippen LogP contribution in [0.5, 0.6) is 11.5 Å². The van der Waals surface area contributed by atoms with Crippen LogP contribution in [-0.2, 0) is 16.0 Å². The summed E-state index contributed by atoms with van der Waals surface area (Å²) in [5, 5.41) is 10.4.